The van der Waals surface area contributed by atoms with Crippen LogP contribution in [0.15, 0.2) is 91.1 Å². The third-order valence-corrected chi connectivity index (χ3v) is 6.52. The molecule has 0 aliphatic carbocycles. The minimum Gasteiger partial charge on any atom is -0.495 e. The van der Waals surface area contributed by atoms with Crippen LogP contribution in [0.25, 0.3) is 11.3 Å². The van der Waals surface area contributed by atoms with Gasteiger partial charge >= 0.3 is 5.97 Å². The van der Waals surface area contributed by atoms with E-state index in [1.54, 1.807) is 49.7 Å². The highest BCUT2D eigenvalue weighted by molar-refractivity contribution is 5.94. The Morgan fingerprint density at radius 3 is 2.10 bits per heavy atom. The topological polar surface area (TPSA) is 107 Å². The average Bonchev–Trinajstić information content (AvgIpc) is 3.00. The van der Waals surface area contributed by atoms with Crippen molar-refractivity contribution in [2.75, 3.05) is 20.3 Å². The second-order valence-electron chi connectivity index (χ2n) is 9.78. The number of methoxy groups -OCH3 is 1. The average molecular weight is 555 g/mol. The zero-order chi connectivity index (χ0) is 29.2. The molecule has 41 heavy (non-hydrogen) atoms. The molecule has 0 fully saturated rings. The zero-order valence-corrected chi connectivity index (χ0v) is 23.4. The number of pyridine rings is 1. The molecule has 2 N–H and O–H groups in total. The number of carbonyl (C=O) groups excluding carboxylic acids is 1. The van der Waals surface area contributed by atoms with Gasteiger partial charge in [0.05, 0.1) is 25.5 Å². The smallest absolute Gasteiger partial charge is 0.345 e. The Morgan fingerprint density at radius 1 is 0.854 bits per heavy atom. The van der Waals surface area contributed by atoms with E-state index in [-0.39, 0.29) is 18.9 Å². The van der Waals surface area contributed by atoms with E-state index in [1.165, 1.54) is 0 Å². The molecule has 8 nitrogen and oxygen atoms in total. The number of ether oxygens (including phenoxy) is 3. The number of aliphatic carboxylic acids is 1. The lowest BCUT2D eigenvalue weighted by Gasteiger charge is -2.16. The van der Waals surface area contributed by atoms with Crippen molar-refractivity contribution in [3.8, 4) is 28.5 Å². The van der Waals surface area contributed by atoms with E-state index < -0.39 is 12.1 Å². The molecule has 0 aliphatic rings. The summed E-state index contributed by atoms with van der Waals surface area (Å²) in [4.78, 5) is 28.7. The van der Waals surface area contributed by atoms with Crippen molar-refractivity contribution in [2.45, 2.75) is 32.3 Å². The van der Waals surface area contributed by atoms with Crippen molar-refractivity contribution in [3.05, 3.63) is 108 Å². The first-order valence-corrected chi connectivity index (χ1v) is 13.4. The Labute approximate surface area is 239 Å². The quantitative estimate of drug-likeness (QED) is 0.202. The molecule has 0 bridgehead atoms. The maximum absolute atomic E-state index is 12.5. The second-order valence-corrected chi connectivity index (χ2v) is 9.78. The Hall–Kier alpha value is -4.85. The minimum atomic E-state index is -1.03. The number of carboxylic acid groups (broad SMARTS) is 1. The van der Waals surface area contributed by atoms with Gasteiger partial charge in [0.15, 0.2) is 6.10 Å². The number of carboxylic acids is 1. The van der Waals surface area contributed by atoms with Gasteiger partial charge in [0.2, 0.25) is 0 Å². The number of nitrogens with one attached hydrogen (secondary N) is 1. The van der Waals surface area contributed by atoms with E-state index >= 15 is 0 Å². The van der Waals surface area contributed by atoms with Crippen LogP contribution >= 0.6 is 0 Å². The summed E-state index contributed by atoms with van der Waals surface area (Å²) in [6.07, 6.45) is 0.854. The zero-order valence-electron chi connectivity index (χ0n) is 23.4. The number of amides is 1. The molecule has 1 unspecified atom stereocenters. The summed E-state index contributed by atoms with van der Waals surface area (Å²) < 4.78 is 16.6. The van der Waals surface area contributed by atoms with Gasteiger partial charge in [-0.3, -0.25) is 9.78 Å². The molecule has 8 heteroatoms. The van der Waals surface area contributed by atoms with Gasteiger partial charge in [-0.2, -0.15) is 0 Å². The summed E-state index contributed by atoms with van der Waals surface area (Å²) in [5.41, 5.74) is 4.21. The summed E-state index contributed by atoms with van der Waals surface area (Å²) >= 11 is 0. The van der Waals surface area contributed by atoms with Crippen LogP contribution in [0.3, 0.4) is 0 Å². The van der Waals surface area contributed by atoms with E-state index in [4.69, 9.17) is 14.2 Å². The number of rotatable bonds is 13. The number of benzene rings is 3. The highest BCUT2D eigenvalue weighted by atomic mass is 16.5. The number of nitrogens with zero attached hydrogens (tertiary/aromatic N) is 1. The highest BCUT2D eigenvalue weighted by Crippen LogP contribution is 2.22. The van der Waals surface area contributed by atoms with Crippen LogP contribution in [0, 0.1) is 0 Å². The maximum Gasteiger partial charge on any atom is 0.345 e. The van der Waals surface area contributed by atoms with Crippen molar-refractivity contribution in [3.63, 3.8) is 0 Å². The molecule has 0 aliphatic heterocycles. The third-order valence-electron chi connectivity index (χ3n) is 6.52. The molecule has 3 aromatic carbocycles. The molecule has 212 valence electrons. The molecule has 0 spiro atoms. The van der Waals surface area contributed by atoms with Crippen molar-refractivity contribution in [1.82, 2.24) is 10.3 Å². The predicted octanol–water partition coefficient (Wildman–Crippen LogP) is 5.76. The first-order valence-electron chi connectivity index (χ1n) is 13.4. The Bertz CT molecular complexity index is 1420. The normalized spacial score (nSPS) is 11.5. The molecule has 0 saturated heterocycles. The monoisotopic (exact) mass is 554 g/mol. The molecule has 1 amide bonds. The summed E-state index contributed by atoms with van der Waals surface area (Å²) in [6.45, 7) is 4.81. The van der Waals surface area contributed by atoms with Crippen molar-refractivity contribution >= 4 is 11.9 Å². The van der Waals surface area contributed by atoms with E-state index in [0.717, 1.165) is 22.4 Å². The standard InChI is InChI=1S/C33H34N2O6/c1-22(2)24-10-14-28(15-11-24)41-31(33(37)38)20-23-4-12-27(13-5-23)40-19-18-34-32(36)26-8-6-25(7-9-26)30-17-16-29(39-3)21-35-30/h4-17,21-22,31H,18-20H2,1-3H3,(H,34,36)(H,37,38). The van der Waals surface area contributed by atoms with Gasteiger partial charge < -0.3 is 24.6 Å². The van der Waals surface area contributed by atoms with Crippen LogP contribution < -0.4 is 19.5 Å². The maximum atomic E-state index is 12.5. The Kier molecular flexibility index (Phi) is 9.94. The van der Waals surface area contributed by atoms with Crippen LogP contribution in [-0.2, 0) is 11.2 Å². The molecule has 1 atom stereocenters. The summed E-state index contributed by atoms with van der Waals surface area (Å²) in [5.74, 6) is 0.990. The second kappa shape index (κ2) is 14.0. The highest BCUT2D eigenvalue weighted by Gasteiger charge is 2.20. The van der Waals surface area contributed by atoms with Gasteiger partial charge in [0.1, 0.15) is 23.9 Å². The molecule has 4 aromatic rings. The summed E-state index contributed by atoms with van der Waals surface area (Å²) in [6, 6.07) is 25.6. The lowest BCUT2D eigenvalue weighted by atomic mass is 10.0. The third kappa shape index (κ3) is 8.32. The van der Waals surface area contributed by atoms with E-state index in [9.17, 15) is 14.7 Å². The van der Waals surface area contributed by atoms with Crippen LogP contribution in [0.2, 0.25) is 0 Å². The lowest BCUT2D eigenvalue weighted by Crippen LogP contribution is -2.29. The van der Waals surface area contributed by atoms with Crippen LogP contribution in [-0.4, -0.2) is 48.3 Å². The minimum absolute atomic E-state index is 0.197. The van der Waals surface area contributed by atoms with Crippen molar-refractivity contribution < 1.29 is 28.9 Å². The molecular formula is C33H34N2O6. The summed E-state index contributed by atoms with van der Waals surface area (Å²) in [7, 11) is 1.59. The predicted molar refractivity (Wildman–Crippen MR) is 157 cm³/mol. The van der Waals surface area contributed by atoms with Crippen LogP contribution in [0.1, 0.15) is 41.3 Å². The molecule has 1 heterocycles. The van der Waals surface area contributed by atoms with E-state index in [0.29, 0.717) is 35.3 Å². The molecule has 0 radical (unpaired) electrons. The fourth-order valence-corrected chi connectivity index (χ4v) is 4.11. The van der Waals surface area contributed by atoms with Gasteiger partial charge in [-0.1, -0.05) is 50.2 Å². The van der Waals surface area contributed by atoms with E-state index in [2.05, 4.69) is 24.1 Å². The molecular weight excluding hydrogens is 520 g/mol. The Balaban J connectivity index is 1.22. The lowest BCUT2D eigenvalue weighted by molar-refractivity contribution is -0.145. The fourth-order valence-electron chi connectivity index (χ4n) is 4.11. The first-order chi connectivity index (χ1) is 19.8. The SMILES string of the molecule is COc1ccc(-c2ccc(C(=O)NCCOc3ccc(CC(Oc4ccc(C(C)C)cc4)C(=O)O)cc3)cc2)nc1. The number of carbonyl (C=O) groups is 2. The van der Waals surface area contributed by atoms with Crippen LogP contribution in [0.5, 0.6) is 17.2 Å². The van der Waals surface area contributed by atoms with Gasteiger partial charge in [-0.25, -0.2) is 4.79 Å². The van der Waals surface area contributed by atoms with Crippen molar-refractivity contribution in [2.24, 2.45) is 0 Å². The number of hydrogen-bond acceptors (Lipinski definition) is 6. The molecule has 1 aromatic heterocycles. The van der Waals surface area contributed by atoms with Gasteiger partial charge in [0, 0.05) is 17.5 Å². The largest absolute Gasteiger partial charge is 0.495 e. The Morgan fingerprint density at radius 2 is 1.51 bits per heavy atom. The fraction of sp³-hybridized carbons (Fsp3) is 0.242. The molecule has 4 rings (SSSR count). The number of hydrogen-bond donors (Lipinski definition) is 2. The van der Waals surface area contributed by atoms with Gasteiger partial charge in [0.25, 0.3) is 5.91 Å². The van der Waals surface area contributed by atoms with Crippen molar-refractivity contribution in [1.29, 1.82) is 0 Å². The number of aromatic nitrogens is 1. The van der Waals surface area contributed by atoms with Gasteiger partial charge in [-0.05, 0) is 65.6 Å². The van der Waals surface area contributed by atoms with Gasteiger partial charge in [-0.15, -0.1) is 0 Å². The van der Waals surface area contributed by atoms with E-state index in [1.807, 2.05) is 48.5 Å². The van der Waals surface area contributed by atoms with Crippen LogP contribution in [0.4, 0.5) is 0 Å². The summed E-state index contributed by atoms with van der Waals surface area (Å²) in [5, 5.41) is 12.5. The molecule has 0 saturated carbocycles. The first kappa shape index (κ1) is 29.1.